The fourth-order valence-corrected chi connectivity index (χ4v) is 1.68. The largest absolute Gasteiger partial charge is 0.481 e. The highest BCUT2D eigenvalue weighted by atomic mass is 16.4. The normalized spacial score (nSPS) is 12.2. The molecule has 7 heteroatoms. The zero-order valence-electron chi connectivity index (χ0n) is 11.1. The first-order chi connectivity index (χ1) is 8.99. The highest BCUT2D eigenvalue weighted by Crippen LogP contribution is 2.10. The van der Waals surface area contributed by atoms with Crippen molar-refractivity contribution in [3.05, 3.63) is 18.2 Å². The molecule has 0 bridgehead atoms. The van der Waals surface area contributed by atoms with Crippen LogP contribution < -0.4 is 10.6 Å². The van der Waals surface area contributed by atoms with Crippen molar-refractivity contribution in [2.45, 2.75) is 26.8 Å². The van der Waals surface area contributed by atoms with Gasteiger partial charge < -0.3 is 20.7 Å². The number of carbonyl (C=O) groups excluding carboxylic acids is 1. The van der Waals surface area contributed by atoms with Gasteiger partial charge in [0.05, 0.1) is 24.5 Å². The van der Waals surface area contributed by atoms with E-state index in [9.17, 15) is 9.59 Å². The number of aromatic amines is 1. The van der Waals surface area contributed by atoms with Crippen LogP contribution in [-0.2, 0) is 11.3 Å². The van der Waals surface area contributed by atoms with Crippen LogP contribution in [0.5, 0.6) is 0 Å². The summed E-state index contributed by atoms with van der Waals surface area (Å²) in [5.74, 6) is -1.17. The summed E-state index contributed by atoms with van der Waals surface area (Å²) in [5.41, 5.74) is 0.784. The van der Waals surface area contributed by atoms with Gasteiger partial charge in [0.25, 0.3) is 0 Å². The van der Waals surface area contributed by atoms with Gasteiger partial charge in [0.2, 0.25) is 0 Å². The monoisotopic (exact) mass is 268 g/mol. The number of carboxylic acid groups (broad SMARTS) is 1. The molecule has 1 unspecified atom stereocenters. The third-order valence-corrected chi connectivity index (χ3v) is 2.61. The number of amides is 2. The summed E-state index contributed by atoms with van der Waals surface area (Å²) in [6.45, 7) is 4.36. The van der Waals surface area contributed by atoms with Gasteiger partial charge in [-0.1, -0.05) is 13.8 Å². The van der Waals surface area contributed by atoms with Gasteiger partial charge in [0, 0.05) is 12.7 Å². The summed E-state index contributed by atoms with van der Waals surface area (Å²) in [5, 5.41) is 14.2. The lowest BCUT2D eigenvalue weighted by atomic mass is 9.97. The van der Waals surface area contributed by atoms with Crippen LogP contribution in [0.4, 0.5) is 4.79 Å². The molecule has 0 fully saturated rings. The lowest BCUT2D eigenvalue weighted by molar-refractivity contribution is -0.142. The topological polar surface area (TPSA) is 107 Å². The Morgan fingerprint density at radius 3 is 2.68 bits per heavy atom. The van der Waals surface area contributed by atoms with Crippen molar-refractivity contribution in [1.82, 2.24) is 20.6 Å². The minimum absolute atomic E-state index is 0.127. The molecule has 1 heterocycles. The van der Waals surface area contributed by atoms with E-state index in [0.717, 1.165) is 5.69 Å². The minimum Gasteiger partial charge on any atom is -0.481 e. The average molecular weight is 268 g/mol. The summed E-state index contributed by atoms with van der Waals surface area (Å²) in [6, 6.07) is -0.385. The number of nitrogens with one attached hydrogen (secondary N) is 3. The highest BCUT2D eigenvalue weighted by Gasteiger charge is 2.19. The smallest absolute Gasteiger partial charge is 0.315 e. The molecule has 0 saturated carbocycles. The van der Waals surface area contributed by atoms with Crippen molar-refractivity contribution in [1.29, 1.82) is 0 Å². The van der Waals surface area contributed by atoms with Gasteiger partial charge in [0.1, 0.15) is 0 Å². The van der Waals surface area contributed by atoms with Gasteiger partial charge in [-0.15, -0.1) is 0 Å². The predicted octanol–water partition coefficient (Wildman–Crippen LogP) is 0.956. The summed E-state index contributed by atoms with van der Waals surface area (Å²) >= 11 is 0. The zero-order chi connectivity index (χ0) is 14.3. The second-order valence-corrected chi connectivity index (χ2v) is 4.81. The van der Waals surface area contributed by atoms with E-state index in [1.54, 1.807) is 6.20 Å². The van der Waals surface area contributed by atoms with E-state index in [-0.39, 0.29) is 18.5 Å². The molecule has 0 aliphatic heterocycles. The summed E-state index contributed by atoms with van der Waals surface area (Å²) < 4.78 is 0. The molecule has 7 nitrogen and oxygen atoms in total. The molecule has 2 amide bonds. The Hall–Kier alpha value is -2.05. The maximum atomic E-state index is 11.5. The van der Waals surface area contributed by atoms with E-state index < -0.39 is 11.9 Å². The van der Waals surface area contributed by atoms with Crippen LogP contribution in [0.3, 0.4) is 0 Å². The van der Waals surface area contributed by atoms with E-state index in [2.05, 4.69) is 20.6 Å². The number of H-pyrrole nitrogens is 1. The number of rotatable bonds is 7. The minimum atomic E-state index is -0.887. The predicted molar refractivity (Wildman–Crippen MR) is 69.4 cm³/mol. The van der Waals surface area contributed by atoms with Crippen LogP contribution in [0.25, 0.3) is 0 Å². The Kier molecular flexibility index (Phi) is 5.84. The Balaban J connectivity index is 2.29. The molecule has 0 spiro atoms. The summed E-state index contributed by atoms with van der Waals surface area (Å²) in [4.78, 5) is 29.2. The van der Waals surface area contributed by atoms with Gasteiger partial charge in [-0.05, 0) is 12.3 Å². The fraction of sp³-hybridized carbons (Fsp3) is 0.583. The molecular formula is C12H20N4O3. The van der Waals surface area contributed by atoms with E-state index in [0.29, 0.717) is 13.0 Å². The Morgan fingerprint density at radius 2 is 2.16 bits per heavy atom. The van der Waals surface area contributed by atoms with Gasteiger partial charge in [-0.3, -0.25) is 4.79 Å². The molecule has 0 aliphatic rings. The van der Waals surface area contributed by atoms with Crippen molar-refractivity contribution in [3.8, 4) is 0 Å². The number of urea groups is 1. The fourth-order valence-electron chi connectivity index (χ4n) is 1.68. The van der Waals surface area contributed by atoms with E-state index in [1.807, 2.05) is 13.8 Å². The number of aliphatic carboxylic acids is 1. The standard InChI is InChI=1S/C12H20N4O3/c1-8(2)3-9(11(17)18)4-14-12(19)15-6-10-5-13-7-16-10/h5,7-9H,3-4,6H2,1-2H3,(H,13,16)(H,17,18)(H2,14,15,19). The van der Waals surface area contributed by atoms with Gasteiger partial charge in [0.15, 0.2) is 0 Å². The van der Waals surface area contributed by atoms with E-state index in [4.69, 9.17) is 5.11 Å². The second-order valence-electron chi connectivity index (χ2n) is 4.81. The van der Waals surface area contributed by atoms with Gasteiger partial charge >= 0.3 is 12.0 Å². The molecule has 19 heavy (non-hydrogen) atoms. The molecule has 1 aromatic heterocycles. The molecule has 1 rings (SSSR count). The molecule has 0 aromatic carbocycles. The molecule has 4 N–H and O–H groups in total. The van der Waals surface area contributed by atoms with Gasteiger partial charge in [-0.25, -0.2) is 9.78 Å². The first kappa shape index (κ1) is 15.0. The number of nitrogens with zero attached hydrogens (tertiary/aromatic N) is 1. The van der Waals surface area contributed by atoms with Crippen LogP contribution in [0.1, 0.15) is 26.0 Å². The third kappa shape index (κ3) is 5.89. The van der Waals surface area contributed by atoms with Crippen LogP contribution >= 0.6 is 0 Å². The number of aromatic nitrogens is 2. The first-order valence-corrected chi connectivity index (χ1v) is 6.20. The van der Waals surface area contributed by atoms with Crippen molar-refractivity contribution < 1.29 is 14.7 Å². The maximum Gasteiger partial charge on any atom is 0.315 e. The molecule has 1 atom stereocenters. The van der Waals surface area contributed by atoms with Crippen LogP contribution in [-0.4, -0.2) is 33.6 Å². The average Bonchev–Trinajstić information content (AvgIpc) is 2.84. The SMILES string of the molecule is CC(C)CC(CNC(=O)NCc1cnc[nH]1)C(=O)O. The molecule has 106 valence electrons. The van der Waals surface area contributed by atoms with Crippen molar-refractivity contribution in [2.75, 3.05) is 6.54 Å². The lowest BCUT2D eigenvalue weighted by Gasteiger charge is -2.15. The van der Waals surface area contributed by atoms with Crippen LogP contribution in [0, 0.1) is 11.8 Å². The first-order valence-electron chi connectivity index (χ1n) is 6.20. The number of hydrogen-bond donors (Lipinski definition) is 4. The summed E-state index contributed by atoms with van der Waals surface area (Å²) in [6.07, 6.45) is 3.67. The lowest BCUT2D eigenvalue weighted by Crippen LogP contribution is -2.40. The van der Waals surface area contributed by atoms with Crippen molar-refractivity contribution in [3.63, 3.8) is 0 Å². The van der Waals surface area contributed by atoms with Gasteiger partial charge in [-0.2, -0.15) is 0 Å². The second kappa shape index (κ2) is 7.40. The molecule has 1 aromatic rings. The van der Waals surface area contributed by atoms with E-state index >= 15 is 0 Å². The molecule has 0 radical (unpaired) electrons. The zero-order valence-corrected chi connectivity index (χ0v) is 11.1. The van der Waals surface area contributed by atoms with Crippen LogP contribution in [0.15, 0.2) is 12.5 Å². The van der Waals surface area contributed by atoms with Crippen molar-refractivity contribution in [2.24, 2.45) is 11.8 Å². The third-order valence-electron chi connectivity index (χ3n) is 2.61. The Labute approximate surface area is 111 Å². The molecular weight excluding hydrogens is 248 g/mol. The Morgan fingerprint density at radius 1 is 1.42 bits per heavy atom. The number of imidazole rings is 1. The van der Waals surface area contributed by atoms with Crippen LogP contribution in [0.2, 0.25) is 0 Å². The highest BCUT2D eigenvalue weighted by molar-refractivity contribution is 5.75. The maximum absolute atomic E-state index is 11.5. The van der Waals surface area contributed by atoms with E-state index in [1.165, 1.54) is 6.33 Å². The number of carbonyl (C=O) groups is 2. The summed E-state index contributed by atoms with van der Waals surface area (Å²) in [7, 11) is 0. The van der Waals surface area contributed by atoms with Crippen molar-refractivity contribution >= 4 is 12.0 Å². The number of hydrogen-bond acceptors (Lipinski definition) is 3. The molecule has 0 saturated heterocycles. The quantitative estimate of drug-likeness (QED) is 0.590. The molecule has 0 aliphatic carbocycles. The number of carboxylic acids is 1. The Bertz CT molecular complexity index is 403.